The summed E-state index contributed by atoms with van der Waals surface area (Å²) in [6.07, 6.45) is 0.0993. The first-order valence-corrected chi connectivity index (χ1v) is 7.18. The van der Waals surface area contributed by atoms with E-state index in [2.05, 4.69) is 41.4 Å². The molecule has 0 aliphatic carbocycles. The number of hydrogen-bond donors (Lipinski definition) is 2. The average Bonchev–Trinajstić information content (AvgIpc) is 2.71. The monoisotopic (exact) mass is 424 g/mol. The number of oxazole rings is 1. The van der Waals surface area contributed by atoms with Gasteiger partial charge in [0.2, 0.25) is 5.89 Å². The summed E-state index contributed by atoms with van der Waals surface area (Å²) in [5.74, 6) is 2.21. The van der Waals surface area contributed by atoms with Gasteiger partial charge in [-0.3, -0.25) is 4.99 Å². The van der Waals surface area contributed by atoms with Gasteiger partial charge in [-0.15, -0.1) is 24.0 Å². The lowest BCUT2D eigenvalue weighted by Crippen LogP contribution is -2.45. The summed E-state index contributed by atoms with van der Waals surface area (Å²) in [5.41, 5.74) is 0.985. The van der Waals surface area contributed by atoms with Crippen molar-refractivity contribution in [1.82, 2.24) is 15.6 Å². The molecule has 128 valence electrons. The number of methoxy groups -OCH3 is 1. The Morgan fingerprint density at radius 1 is 1.32 bits per heavy atom. The fourth-order valence-electron chi connectivity index (χ4n) is 1.93. The molecule has 0 aliphatic rings. The van der Waals surface area contributed by atoms with E-state index in [1.807, 2.05) is 13.8 Å². The molecule has 0 spiro atoms. The minimum Gasteiger partial charge on any atom is -0.444 e. The summed E-state index contributed by atoms with van der Waals surface area (Å²) in [5, 5.41) is 6.45. The Morgan fingerprint density at radius 3 is 2.36 bits per heavy atom. The quantitative estimate of drug-likeness (QED) is 0.432. The highest BCUT2D eigenvalue weighted by atomic mass is 127. The molecule has 0 bridgehead atoms. The zero-order chi connectivity index (χ0) is 16.0. The molecule has 1 aromatic heterocycles. The Labute approximate surface area is 150 Å². The molecule has 0 amide bonds. The third-order valence-electron chi connectivity index (χ3n) is 3.41. The number of halogens is 1. The normalized spacial score (nSPS) is 13.5. The molecule has 1 atom stereocenters. The van der Waals surface area contributed by atoms with Crippen LogP contribution in [-0.2, 0) is 11.3 Å². The molecule has 0 aliphatic heterocycles. The Bertz CT molecular complexity index is 461. The Balaban J connectivity index is 0.00000441. The molecular formula is C15H29IN4O2. The van der Waals surface area contributed by atoms with E-state index in [4.69, 9.17) is 9.15 Å². The molecule has 2 N–H and O–H groups in total. The SMILES string of the molecule is CN=C(NCc1nc(C)c(C)o1)NCC(OC)C(C)(C)C.I. The summed E-state index contributed by atoms with van der Waals surface area (Å²) >= 11 is 0. The second kappa shape index (κ2) is 9.34. The highest BCUT2D eigenvalue weighted by Crippen LogP contribution is 2.20. The van der Waals surface area contributed by atoms with Gasteiger partial charge in [0, 0.05) is 20.7 Å². The molecular weight excluding hydrogens is 395 g/mol. The summed E-state index contributed by atoms with van der Waals surface area (Å²) in [7, 11) is 3.46. The van der Waals surface area contributed by atoms with E-state index < -0.39 is 0 Å². The van der Waals surface area contributed by atoms with Gasteiger partial charge in [0.15, 0.2) is 5.96 Å². The van der Waals surface area contributed by atoms with Gasteiger partial charge in [0.05, 0.1) is 18.3 Å². The molecule has 1 unspecified atom stereocenters. The van der Waals surface area contributed by atoms with Crippen LogP contribution in [0.3, 0.4) is 0 Å². The van der Waals surface area contributed by atoms with Crippen LogP contribution in [0.2, 0.25) is 0 Å². The van der Waals surface area contributed by atoms with Crippen molar-refractivity contribution in [3.8, 4) is 0 Å². The van der Waals surface area contributed by atoms with Crippen LogP contribution in [0.1, 0.15) is 38.1 Å². The fourth-order valence-corrected chi connectivity index (χ4v) is 1.93. The Kier molecular flexibility index (Phi) is 8.99. The third kappa shape index (κ3) is 6.51. The van der Waals surface area contributed by atoms with E-state index in [0.29, 0.717) is 24.9 Å². The van der Waals surface area contributed by atoms with E-state index in [1.165, 1.54) is 0 Å². The van der Waals surface area contributed by atoms with Gasteiger partial charge in [-0.25, -0.2) is 4.98 Å². The van der Waals surface area contributed by atoms with Crippen LogP contribution < -0.4 is 10.6 Å². The van der Waals surface area contributed by atoms with Crippen molar-refractivity contribution in [2.45, 2.75) is 47.3 Å². The summed E-state index contributed by atoms with van der Waals surface area (Å²) in [4.78, 5) is 8.52. The number of hydrogen-bond acceptors (Lipinski definition) is 4. The van der Waals surface area contributed by atoms with E-state index in [0.717, 1.165) is 11.5 Å². The van der Waals surface area contributed by atoms with Crippen molar-refractivity contribution in [1.29, 1.82) is 0 Å². The minimum absolute atomic E-state index is 0. The van der Waals surface area contributed by atoms with E-state index >= 15 is 0 Å². The number of ether oxygens (including phenoxy) is 1. The second-order valence-corrected chi connectivity index (χ2v) is 6.15. The first-order chi connectivity index (χ1) is 9.77. The number of aliphatic imine (C=N–C) groups is 1. The van der Waals surface area contributed by atoms with Crippen molar-refractivity contribution in [2.24, 2.45) is 10.4 Å². The highest BCUT2D eigenvalue weighted by Gasteiger charge is 2.24. The van der Waals surface area contributed by atoms with Crippen LogP contribution in [-0.4, -0.2) is 37.7 Å². The average molecular weight is 424 g/mol. The van der Waals surface area contributed by atoms with Crippen molar-refractivity contribution in [2.75, 3.05) is 20.7 Å². The van der Waals surface area contributed by atoms with Crippen LogP contribution in [0.15, 0.2) is 9.41 Å². The molecule has 0 saturated carbocycles. The number of nitrogens with zero attached hydrogens (tertiary/aromatic N) is 2. The van der Waals surface area contributed by atoms with E-state index in [9.17, 15) is 0 Å². The van der Waals surface area contributed by atoms with E-state index in [1.54, 1.807) is 14.2 Å². The maximum absolute atomic E-state index is 5.53. The Morgan fingerprint density at radius 2 is 1.95 bits per heavy atom. The largest absolute Gasteiger partial charge is 0.444 e. The van der Waals surface area contributed by atoms with Crippen molar-refractivity contribution >= 4 is 29.9 Å². The van der Waals surface area contributed by atoms with Crippen LogP contribution in [0.25, 0.3) is 0 Å². The van der Waals surface area contributed by atoms with Gasteiger partial charge < -0.3 is 19.8 Å². The zero-order valence-corrected chi connectivity index (χ0v) is 16.9. The number of aromatic nitrogens is 1. The topological polar surface area (TPSA) is 71.7 Å². The molecule has 0 aromatic carbocycles. The molecule has 6 nitrogen and oxygen atoms in total. The fraction of sp³-hybridized carbons (Fsp3) is 0.733. The summed E-state index contributed by atoms with van der Waals surface area (Å²) in [6.45, 7) is 11.5. The van der Waals surface area contributed by atoms with Crippen LogP contribution >= 0.6 is 24.0 Å². The number of guanidine groups is 1. The van der Waals surface area contributed by atoms with Gasteiger partial charge in [-0.2, -0.15) is 0 Å². The lowest BCUT2D eigenvalue weighted by molar-refractivity contribution is 0.0205. The standard InChI is InChI=1S/C15H28N4O2.HI/c1-10-11(2)21-13(19-10)9-18-14(16-6)17-8-12(20-7)15(3,4)5;/h12H,8-9H2,1-7H3,(H2,16,17,18);1H. The van der Waals surface area contributed by atoms with Gasteiger partial charge >= 0.3 is 0 Å². The molecule has 1 aromatic rings. The lowest BCUT2D eigenvalue weighted by atomic mass is 9.89. The van der Waals surface area contributed by atoms with Crippen LogP contribution in [0, 0.1) is 19.3 Å². The molecule has 22 heavy (non-hydrogen) atoms. The zero-order valence-electron chi connectivity index (χ0n) is 14.6. The maximum Gasteiger partial charge on any atom is 0.214 e. The Hall–Kier alpha value is -0.830. The van der Waals surface area contributed by atoms with E-state index in [-0.39, 0.29) is 35.5 Å². The minimum atomic E-state index is 0. The van der Waals surface area contributed by atoms with Gasteiger partial charge in [-0.05, 0) is 19.3 Å². The smallest absolute Gasteiger partial charge is 0.214 e. The predicted octanol–water partition coefficient (Wildman–Crippen LogP) is 2.64. The molecule has 1 heterocycles. The summed E-state index contributed by atoms with van der Waals surface area (Å²) < 4.78 is 11.0. The first-order valence-electron chi connectivity index (χ1n) is 7.18. The molecule has 0 saturated heterocycles. The van der Waals surface area contributed by atoms with Crippen molar-refractivity contribution in [3.05, 3.63) is 17.3 Å². The number of aryl methyl sites for hydroxylation is 2. The maximum atomic E-state index is 5.53. The lowest BCUT2D eigenvalue weighted by Gasteiger charge is -2.29. The van der Waals surface area contributed by atoms with Crippen LogP contribution in [0.4, 0.5) is 0 Å². The molecule has 7 heteroatoms. The molecule has 0 fully saturated rings. The highest BCUT2D eigenvalue weighted by molar-refractivity contribution is 14.0. The van der Waals surface area contributed by atoms with Crippen LogP contribution in [0.5, 0.6) is 0 Å². The molecule has 0 radical (unpaired) electrons. The second-order valence-electron chi connectivity index (χ2n) is 6.15. The number of rotatable bonds is 5. The first kappa shape index (κ1) is 21.2. The van der Waals surface area contributed by atoms with Crippen molar-refractivity contribution in [3.63, 3.8) is 0 Å². The molecule has 1 rings (SSSR count). The number of nitrogens with one attached hydrogen (secondary N) is 2. The van der Waals surface area contributed by atoms with Gasteiger partial charge in [0.25, 0.3) is 0 Å². The van der Waals surface area contributed by atoms with Gasteiger partial charge in [-0.1, -0.05) is 20.8 Å². The van der Waals surface area contributed by atoms with Crippen molar-refractivity contribution < 1.29 is 9.15 Å². The predicted molar refractivity (Wildman–Crippen MR) is 99.8 cm³/mol. The summed E-state index contributed by atoms with van der Waals surface area (Å²) in [6, 6.07) is 0. The van der Waals surface area contributed by atoms with Gasteiger partial charge in [0.1, 0.15) is 5.76 Å². The third-order valence-corrected chi connectivity index (χ3v) is 3.41.